The Morgan fingerprint density at radius 3 is 2.74 bits per heavy atom. The standard InChI is InChI=1S/C18H15N3O2/c1-11-5-3-4-6-16(11)21-18(22)17-14(10-19-21)13-9-12(23-2)7-8-15(13)20-17/h3-10,20H,1-2H3. The number of fused-ring (bicyclic) bond motifs is 3. The quantitative estimate of drug-likeness (QED) is 0.619. The van der Waals surface area contributed by atoms with E-state index in [-0.39, 0.29) is 5.56 Å². The summed E-state index contributed by atoms with van der Waals surface area (Å²) in [5, 5.41) is 6.09. The van der Waals surface area contributed by atoms with Crippen molar-refractivity contribution in [1.29, 1.82) is 0 Å². The zero-order valence-electron chi connectivity index (χ0n) is 12.8. The minimum atomic E-state index is -0.160. The maximum absolute atomic E-state index is 12.8. The molecule has 2 aromatic heterocycles. The second-order valence-electron chi connectivity index (χ2n) is 5.47. The highest BCUT2D eigenvalue weighted by molar-refractivity contribution is 6.07. The Morgan fingerprint density at radius 1 is 1.13 bits per heavy atom. The number of rotatable bonds is 2. The van der Waals surface area contributed by atoms with Crippen LogP contribution in [0.4, 0.5) is 0 Å². The molecule has 0 aliphatic carbocycles. The number of hydrogen-bond donors (Lipinski definition) is 1. The van der Waals surface area contributed by atoms with Gasteiger partial charge in [-0.1, -0.05) is 18.2 Å². The molecule has 0 spiro atoms. The first-order valence-electron chi connectivity index (χ1n) is 7.33. The third kappa shape index (κ3) is 2.01. The Labute approximate surface area is 132 Å². The summed E-state index contributed by atoms with van der Waals surface area (Å²) in [5.74, 6) is 0.751. The van der Waals surface area contributed by atoms with Gasteiger partial charge in [-0.2, -0.15) is 9.78 Å². The second kappa shape index (κ2) is 4.98. The number of nitrogens with zero attached hydrogens (tertiary/aromatic N) is 2. The van der Waals surface area contributed by atoms with E-state index in [9.17, 15) is 4.79 Å². The molecule has 0 radical (unpaired) electrons. The lowest BCUT2D eigenvalue weighted by molar-refractivity contribution is 0.415. The largest absolute Gasteiger partial charge is 0.497 e. The molecule has 2 heterocycles. The monoisotopic (exact) mass is 305 g/mol. The summed E-state index contributed by atoms with van der Waals surface area (Å²) in [6.45, 7) is 1.96. The van der Waals surface area contributed by atoms with Crippen LogP contribution in [0, 0.1) is 6.92 Å². The number of nitrogens with one attached hydrogen (secondary N) is 1. The Morgan fingerprint density at radius 2 is 1.96 bits per heavy atom. The fourth-order valence-electron chi connectivity index (χ4n) is 2.87. The zero-order valence-corrected chi connectivity index (χ0v) is 12.8. The summed E-state index contributed by atoms with van der Waals surface area (Å²) < 4.78 is 6.70. The van der Waals surface area contributed by atoms with Crippen molar-refractivity contribution in [2.45, 2.75) is 6.92 Å². The van der Waals surface area contributed by atoms with Crippen LogP contribution in [0.1, 0.15) is 5.56 Å². The van der Waals surface area contributed by atoms with E-state index < -0.39 is 0 Å². The molecule has 4 rings (SSSR count). The Balaban J connectivity index is 2.04. The summed E-state index contributed by atoms with van der Waals surface area (Å²) >= 11 is 0. The number of hydrogen-bond acceptors (Lipinski definition) is 3. The Kier molecular flexibility index (Phi) is 2.94. The third-order valence-electron chi connectivity index (χ3n) is 4.10. The number of aromatic amines is 1. The molecule has 4 aromatic rings. The molecule has 0 atom stereocenters. The first-order chi connectivity index (χ1) is 11.2. The van der Waals surface area contributed by atoms with Gasteiger partial charge in [0.05, 0.1) is 19.0 Å². The normalized spacial score (nSPS) is 11.2. The topological polar surface area (TPSA) is 59.9 Å². The van der Waals surface area contributed by atoms with Crippen LogP contribution in [0.25, 0.3) is 27.5 Å². The smallest absolute Gasteiger partial charge is 0.295 e. The highest BCUT2D eigenvalue weighted by Gasteiger charge is 2.13. The molecule has 0 unspecified atom stereocenters. The molecular weight excluding hydrogens is 290 g/mol. The zero-order chi connectivity index (χ0) is 16.0. The van der Waals surface area contributed by atoms with E-state index in [1.165, 1.54) is 4.68 Å². The molecule has 0 aliphatic rings. The van der Waals surface area contributed by atoms with E-state index in [4.69, 9.17) is 4.74 Å². The van der Waals surface area contributed by atoms with Gasteiger partial charge < -0.3 is 9.72 Å². The summed E-state index contributed by atoms with van der Waals surface area (Å²) in [6, 6.07) is 13.4. The van der Waals surface area contributed by atoms with Crippen LogP contribution in [-0.2, 0) is 0 Å². The van der Waals surface area contributed by atoms with E-state index in [0.29, 0.717) is 5.52 Å². The van der Waals surface area contributed by atoms with Crippen molar-refractivity contribution >= 4 is 21.8 Å². The van der Waals surface area contributed by atoms with Gasteiger partial charge in [0.1, 0.15) is 11.3 Å². The van der Waals surface area contributed by atoms with Gasteiger partial charge in [-0.25, -0.2) is 0 Å². The molecule has 0 saturated heterocycles. The molecule has 0 saturated carbocycles. The van der Waals surface area contributed by atoms with Crippen LogP contribution in [0.15, 0.2) is 53.5 Å². The molecule has 0 amide bonds. The van der Waals surface area contributed by atoms with E-state index in [0.717, 1.165) is 33.3 Å². The minimum Gasteiger partial charge on any atom is -0.497 e. The maximum atomic E-state index is 12.8. The number of ether oxygens (including phenoxy) is 1. The van der Waals surface area contributed by atoms with Crippen LogP contribution in [-0.4, -0.2) is 21.9 Å². The number of aromatic nitrogens is 3. The Bertz CT molecular complexity index is 1090. The molecule has 5 heteroatoms. The number of H-pyrrole nitrogens is 1. The fraction of sp³-hybridized carbons (Fsp3) is 0.111. The van der Waals surface area contributed by atoms with Gasteiger partial charge in [0.25, 0.3) is 5.56 Å². The molecule has 1 N–H and O–H groups in total. The van der Waals surface area contributed by atoms with Gasteiger partial charge in [0.15, 0.2) is 0 Å². The highest BCUT2D eigenvalue weighted by Crippen LogP contribution is 2.26. The number of methoxy groups -OCH3 is 1. The number of para-hydroxylation sites is 1. The van der Waals surface area contributed by atoms with Gasteiger partial charge in [0.2, 0.25) is 0 Å². The molecule has 23 heavy (non-hydrogen) atoms. The maximum Gasteiger partial charge on any atom is 0.295 e. The predicted octanol–water partition coefficient (Wildman–Crippen LogP) is 3.18. The van der Waals surface area contributed by atoms with Crippen LogP contribution < -0.4 is 10.3 Å². The summed E-state index contributed by atoms with van der Waals surface area (Å²) in [6.07, 6.45) is 1.72. The minimum absolute atomic E-state index is 0.160. The summed E-state index contributed by atoms with van der Waals surface area (Å²) in [5.41, 5.74) is 3.07. The first kappa shape index (κ1) is 13.6. The lowest BCUT2D eigenvalue weighted by Gasteiger charge is -2.07. The van der Waals surface area contributed by atoms with E-state index in [1.807, 2.05) is 49.4 Å². The first-order valence-corrected chi connectivity index (χ1v) is 7.33. The average molecular weight is 305 g/mol. The van der Waals surface area contributed by atoms with Crippen molar-refractivity contribution in [3.05, 3.63) is 64.6 Å². The molecule has 5 nitrogen and oxygen atoms in total. The fourth-order valence-corrected chi connectivity index (χ4v) is 2.87. The van der Waals surface area contributed by atoms with Gasteiger partial charge in [-0.3, -0.25) is 4.79 Å². The lowest BCUT2D eigenvalue weighted by Crippen LogP contribution is -2.21. The number of aryl methyl sites for hydroxylation is 1. The van der Waals surface area contributed by atoms with Crippen LogP contribution >= 0.6 is 0 Å². The van der Waals surface area contributed by atoms with Crippen molar-refractivity contribution in [2.75, 3.05) is 7.11 Å². The molecule has 114 valence electrons. The van der Waals surface area contributed by atoms with Crippen molar-refractivity contribution in [3.8, 4) is 11.4 Å². The van der Waals surface area contributed by atoms with Crippen LogP contribution in [0.5, 0.6) is 5.75 Å². The van der Waals surface area contributed by atoms with Gasteiger partial charge in [-0.15, -0.1) is 0 Å². The van der Waals surface area contributed by atoms with E-state index in [2.05, 4.69) is 10.1 Å². The van der Waals surface area contributed by atoms with Crippen LogP contribution in [0.2, 0.25) is 0 Å². The van der Waals surface area contributed by atoms with Crippen molar-refractivity contribution in [1.82, 2.24) is 14.8 Å². The molecule has 2 aromatic carbocycles. The van der Waals surface area contributed by atoms with E-state index in [1.54, 1.807) is 13.3 Å². The van der Waals surface area contributed by atoms with Gasteiger partial charge in [0, 0.05) is 16.3 Å². The average Bonchev–Trinajstić information content (AvgIpc) is 2.95. The number of benzene rings is 2. The third-order valence-corrected chi connectivity index (χ3v) is 4.10. The highest BCUT2D eigenvalue weighted by atomic mass is 16.5. The second-order valence-corrected chi connectivity index (χ2v) is 5.47. The van der Waals surface area contributed by atoms with Gasteiger partial charge in [-0.05, 0) is 36.8 Å². The van der Waals surface area contributed by atoms with Crippen molar-refractivity contribution in [2.24, 2.45) is 0 Å². The van der Waals surface area contributed by atoms with E-state index >= 15 is 0 Å². The van der Waals surface area contributed by atoms with Crippen LogP contribution in [0.3, 0.4) is 0 Å². The summed E-state index contributed by atoms with van der Waals surface area (Å²) in [7, 11) is 1.62. The SMILES string of the molecule is COc1ccc2[nH]c3c(=O)n(-c4ccccc4C)ncc3c2c1. The Hall–Kier alpha value is -3.08. The van der Waals surface area contributed by atoms with Crippen molar-refractivity contribution in [3.63, 3.8) is 0 Å². The molecule has 0 fully saturated rings. The van der Waals surface area contributed by atoms with Gasteiger partial charge >= 0.3 is 0 Å². The van der Waals surface area contributed by atoms with Crippen molar-refractivity contribution < 1.29 is 4.74 Å². The molecular formula is C18H15N3O2. The lowest BCUT2D eigenvalue weighted by atomic mass is 10.2. The predicted molar refractivity (Wildman–Crippen MR) is 90.5 cm³/mol. The summed E-state index contributed by atoms with van der Waals surface area (Å²) in [4.78, 5) is 16.0. The molecule has 0 aliphatic heterocycles. The molecule has 0 bridgehead atoms.